The standard InChI is InChI=1S/C10H12N2S/c1-7(2)9-12-8(5-13-9)10(6-11)3-4-10/h5,7H,3-4H2,1-2H3. The van der Waals surface area contributed by atoms with Gasteiger partial charge in [-0.3, -0.25) is 0 Å². The Kier molecular flexibility index (Phi) is 1.88. The largest absolute Gasteiger partial charge is 0.244 e. The average molecular weight is 192 g/mol. The summed E-state index contributed by atoms with van der Waals surface area (Å²) in [5, 5.41) is 12.2. The van der Waals surface area contributed by atoms with Crippen LogP contribution in [0.3, 0.4) is 0 Å². The van der Waals surface area contributed by atoms with Crippen LogP contribution in [0.2, 0.25) is 0 Å². The van der Waals surface area contributed by atoms with Crippen LogP contribution in [-0.4, -0.2) is 4.98 Å². The number of hydrogen-bond donors (Lipinski definition) is 0. The van der Waals surface area contributed by atoms with Crippen molar-refractivity contribution in [2.24, 2.45) is 0 Å². The summed E-state index contributed by atoms with van der Waals surface area (Å²) in [4.78, 5) is 4.51. The normalized spacial score (nSPS) is 18.6. The van der Waals surface area contributed by atoms with Crippen molar-refractivity contribution in [3.05, 3.63) is 16.1 Å². The van der Waals surface area contributed by atoms with E-state index in [9.17, 15) is 0 Å². The summed E-state index contributed by atoms with van der Waals surface area (Å²) in [5.74, 6) is 0.480. The molecule has 2 nitrogen and oxygen atoms in total. The van der Waals surface area contributed by atoms with Crippen LogP contribution in [0, 0.1) is 11.3 Å². The summed E-state index contributed by atoms with van der Waals surface area (Å²) in [7, 11) is 0. The van der Waals surface area contributed by atoms with E-state index in [1.807, 2.05) is 5.38 Å². The van der Waals surface area contributed by atoms with Gasteiger partial charge in [0, 0.05) is 11.3 Å². The molecule has 0 saturated heterocycles. The van der Waals surface area contributed by atoms with Crippen LogP contribution in [-0.2, 0) is 5.41 Å². The molecule has 0 unspecified atom stereocenters. The fourth-order valence-corrected chi connectivity index (χ4v) is 2.26. The zero-order valence-corrected chi connectivity index (χ0v) is 8.69. The van der Waals surface area contributed by atoms with E-state index in [1.54, 1.807) is 11.3 Å². The van der Waals surface area contributed by atoms with Crippen molar-refractivity contribution in [1.29, 1.82) is 5.26 Å². The Morgan fingerprint density at radius 2 is 2.31 bits per heavy atom. The van der Waals surface area contributed by atoms with E-state index >= 15 is 0 Å². The highest BCUT2D eigenvalue weighted by molar-refractivity contribution is 7.09. The molecular weight excluding hydrogens is 180 g/mol. The van der Waals surface area contributed by atoms with Crippen molar-refractivity contribution in [2.45, 2.75) is 38.0 Å². The van der Waals surface area contributed by atoms with Gasteiger partial charge in [0.25, 0.3) is 0 Å². The van der Waals surface area contributed by atoms with Gasteiger partial charge >= 0.3 is 0 Å². The average Bonchev–Trinajstić information content (AvgIpc) is 2.75. The quantitative estimate of drug-likeness (QED) is 0.722. The lowest BCUT2D eigenvalue weighted by molar-refractivity contribution is 0.806. The zero-order chi connectivity index (χ0) is 9.47. The van der Waals surface area contributed by atoms with Crippen LogP contribution >= 0.6 is 11.3 Å². The molecule has 68 valence electrons. The molecule has 0 spiro atoms. The van der Waals surface area contributed by atoms with Crippen molar-refractivity contribution >= 4 is 11.3 Å². The molecule has 3 heteroatoms. The highest BCUT2D eigenvalue weighted by atomic mass is 32.1. The highest BCUT2D eigenvalue weighted by Crippen LogP contribution is 2.47. The van der Waals surface area contributed by atoms with Gasteiger partial charge in [0.15, 0.2) is 0 Å². The monoisotopic (exact) mass is 192 g/mol. The van der Waals surface area contributed by atoms with Crippen molar-refractivity contribution < 1.29 is 0 Å². The molecule has 0 aliphatic heterocycles. The fourth-order valence-electron chi connectivity index (χ4n) is 1.32. The molecule has 13 heavy (non-hydrogen) atoms. The maximum Gasteiger partial charge on any atom is 0.100 e. The van der Waals surface area contributed by atoms with Crippen LogP contribution in [0.1, 0.15) is 43.3 Å². The highest BCUT2D eigenvalue weighted by Gasteiger charge is 2.46. The summed E-state index contributed by atoms with van der Waals surface area (Å²) in [5.41, 5.74) is 0.799. The molecule has 1 aromatic rings. The van der Waals surface area contributed by atoms with Crippen LogP contribution in [0.15, 0.2) is 5.38 Å². The molecule has 1 heterocycles. The molecule has 0 bridgehead atoms. The fraction of sp³-hybridized carbons (Fsp3) is 0.600. The van der Waals surface area contributed by atoms with Crippen molar-refractivity contribution in [2.75, 3.05) is 0 Å². The molecule has 1 fully saturated rings. The van der Waals surface area contributed by atoms with Gasteiger partial charge in [-0.25, -0.2) is 4.98 Å². The molecule has 0 amide bonds. The molecule has 0 atom stereocenters. The first-order valence-electron chi connectivity index (χ1n) is 4.55. The summed E-state index contributed by atoms with van der Waals surface area (Å²) in [6, 6.07) is 2.37. The van der Waals surface area contributed by atoms with E-state index in [4.69, 9.17) is 5.26 Å². The Labute approximate surface area is 82.2 Å². The molecule has 1 aliphatic rings. The third-order valence-corrected chi connectivity index (χ3v) is 3.62. The molecule has 0 aromatic carbocycles. The number of aromatic nitrogens is 1. The first-order chi connectivity index (χ1) is 6.18. The number of nitriles is 1. The second kappa shape index (κ2) is 2.81. The Hall–Kier alpha value is -0.880. The predicted molar refractivity (Wildman–Crippen MR) is 52.7 cm³/mol. The Balaban J connectivity index is 2.29. The van der Waals surface area contributed by atoms with E-state index in [0.29, 0.717) is 5.92 Å². The SMILES string of the molecule is CC(C)c1nc(C2(C#N)CC2)cs1. The summed E-state index contributed by atoms with van der Waals surface area (Å²) in [6.45, 7) is 4.27. The Bertz CT molecular complexity index is 355. The summed E-state index contributed by atoms with van der Waals surface area (Å²) >= 11 is 1.68. The van der Waals surface area contributed by atoms with Gasteiger partial charge in [-0.15, -0.1) is 11.3 Å². The second-order valence-electron chi connectivity index (χ2n) is 3.92. The molecule has 1 aliphatic carbocycles. The second-order valence-corrected chi connectivity index (χ2v) is 4.81. The lowest BCUT2D eigenvalue weighted by atomic mass is 10.1. The van der Waals surface area contributed by atoms with Crippen LogP contribution in [0.4, 0.5) is 0 Å². The smallest absolute Gasteiger partial charge is 0.100 e. The minimum atomic E-state index is -0.205. The molecule has 1 aromatic heterocycles. The molecular formula is C10H12N2S. The maximum absolute atomic E-state index is 8.97. The molecule has 0 N–H and O–H groups in total. The summed E-state index contributed by atoms with van der Waals surface area (Å²) < 4.78 is 0. The third kappa shape index (κ3) is 1.36. The van der Waals surface area contributed by atoms with E-state index in [1.165, 1.54) is 0 Å². The van der Waals surface area contributed by atoms with E-state index in [0.717, 1.165) is 23.5 Å². The van der Waals surface area contributed by atoms with Gasteiger partial charge in [-0.2, -0.15) is 5.26 Å². The predicted octanol–water partition coefficient (Wildman–Crippen LogP) is 2.82. The van der Waals surface area contributed by atoms with Crippen molar-refractivity contribution in [1.82, 2.24) is 4.98 Å². The van der Waals surface area contributed by atoms with Crippen LogP contribution in [0.5, 0.6) is 0 Å². The van der Waals surface area contributed by atoms with Gasteiger partial charge in [0.2, 0.25) is 0 Å². The maximum atomic E-state index is 8.97. The van der Waals surface area contributed by atoms with Crippen LogP contribution < -0.4 is 0 Å². The topological polar surface area (TPSA) is 36.7 Å². The molecule has 1 saturated carbocycles. The van der Waals surface area contributed by atoms with Gasteiger partial charge < -0.3 is 0 Å². The van der Waals surface area contributed by atoms with E-state index in [-0.39, 0.29) is 5.41 Å². The number of thiazole rings is 1. The van der Waals surface area contributed by atoms with E-state index < -0.39 is 0 Å². The van der Waals surface area contributed by atoms with E-state index in [2.05, 4.69) is 24.9 Å². The van der Waals surface area contributed by atoms with Gasteiger partial charge in [0.05, 0.1) is 16.8 Å². The summed E-state index contributed by atoms with van der Waals surface area (Å²) in [6.07, 6.45) is 1.98. The zero-order valence-electron chi connectivity index (χ0n) is 7.87. The van der Waals surface area contributed by atoms with Crippen molar-refractivity contribution in [3.63, 3.8) is 0 Å². The minimum Gasteiger partial charge on any atom is -0.244 e. The molecule has 0 radical (unpaired) electrons. The number of hydrogen-bond acceptors (Lipinski definition) is 3. The molecule has 2 rings (SSSR count). The van der Waals surface area contributed by atoms with Gasteiger partial charge in [-0.1, -0.05) is 13.8 Å². The van der Waals surface area contributed by atoms with Gasteiger partial charge in [-0.05, 0) is 12.8 Å². The first kappa shape index (κ1) is 8.71. The van der Waals surface area contributed by atoms with Gasteiger partial charge in [0.1, 0.15) is 5.41 Å². The third-order valence-electron chi connectivity index (χ3n) is 2.47. The lowest BCUT2D eigenvalue weighted by Crippen LogP contribution is -2.03. The lowest BCUT2D eigenvalue weighted by Gasteiger charge is -2.00. The number of nitrogens with zero attached hydrogens (tertiary/aromatic N) is 2. The Morgan fingerprint density at radius 3 is 2.69 bits per heavy atom. The minimum absolute atomic E-state index is 0.205. The van der Waals surface area contributed by atoms with Crippen LogP contribution in [0.25, 0.3) is 0 Å². The first-order valence-corrected chi connectivity index (χ1v) is 5.43. The number of rotatable bonds is 2. The Morgan fingerprint density at radius 1 is 1.62 bits per heavy atom. The van der Waals surface area contributed by atoms with Crippen molar-refractivity contribution in [3.8, 4) is 6.07 Å².